The van der Waals surface area contributed by atoms with Gasteiger partial charge in [-0.25, -0.2) is 12.7 Å². The number of ether oxygens (including phenoxy) is 2. The number of carbonyl (C=O) groups excluding carboxylic acids is 1. The number of carbonyl (C=O) groups is 1. The van der Waals surface area contributed by atoms with Gasteiger partial charge in [-0.3, -0.25) is 14.6 Å². The topological polar surface area (TPSA) is 91.4 Å². The van der Waals surface area contributed by atoms with Crippen molar-refractivity contribution in [3.8, 4) is 0 Å². The Labute approximate surface area is 156 Å². The third kappa shape index (κ3) is 8.28. The van der Waals surface area contributed by atoms with Crippen LogP contribution < -0.4 is 5.32 Å². The molecule has 10 heteroatoms. The van der Waals surface area contributed by atoms with E-state index < -0.39 is 10.0 Å². The molecule has 9 nitrogen and oxygen atoms in total. The lowest BCUT2D eigenvalue weighted by molar-refractivity contribution is -0.121. The molecule has 0 aromatic rings. The highest BCUT2D eigenvalue weighted by Crippen LogP contribution is 2.03. The van der Waals surface area contributed by atoms with Crippen LogP contribution in [0.1, 0.15) is 6.42 Å². The van der Waals surface area contributed by atoms with E-state index in [-0.39, 0.29) is 18.9 Å². The molecule has 0 unspecified atom stereocenters. The van der Waals surface area contributed by atoms with Crippen LogP contribution in [0, 0.1) is 0 Å². The lowest BCUT2D eigenvalue weighted by Gasteiger charge is -2.29. The maximum Gasteiger partial charge on any atom is 0.221 e. The fourth-order valence-corrected chi connectivity index (χ4v) is 3.85. The molecular weight excluding hydrogens is 360 g/mol. The van der Waals surface area contributed by atoms with E-state index in [1.807, 2.05) is 0 Å². The fourth-order valence-electron chi connectivity index (χ4n) is 3.01. The Morgan fingerprint density at radius 1 is 0.962 bits per heavy atom. The van der Waals surface area contributed by atoms with Crippen molar-refractivity contribution in [2.75, 3.05) is 91.6 Å². The summed E-state index contributed by atoms with van der Waals surface area (Å²) >= 11 is 0. The summed E-state index contributed by atoms with van der Waals surface area (Å²) in [6.07, 6.45) is 1.38. The second-order valence-corrected chi connectivity index (χ2v) is 8.65. The maximum atomic E-state index is 12.0. The minimum absolute atomic E-state index is 0.113. The highest BCUT2D eigenvalue weighted by Gasteiger charge is 2.20. The van der Waals surface area contributed by atoms with E-state index in [1.54, 1.807) is 0 Å². The molecule has 2 fully saturated rings. The molecule has 2 saturated heterocycles. The molecule has 1 amide bonds. The molecule has 0 aliphatic carbocycles. The zero-order valence-electron chi connectivity index (χ0n) is 15.7. The van der Waals surface area contributed by atoms with Gasteiger partial charge in [-0.2, -0.15) is 0 Å². The number of sulfonamides is 1. The minimum Gasteiger partial charge on any atom is -0.379 e. The van der Waals surface area contributed by atoms with E-state index in [4.69, 9.17) is 9.47 Å². The minimum atomic E-state index is -3.33. The average molecular weight is 393 g/mol. The zero-order valence-corrected chi connectivity index (χ0v) is 16.5. The van der Waals surface area contributed by atoms with Crippen molar-refractivity contribution in [2.45, 2.75) is 6.42 Å². The largest absolute Gasteiger partial charge is 0.379 e. The van der Waals surface area contributed by atoms with Crippen LogP contribution in [0.15, 0.2) is 0 Å². The third-order valence-corrected chi connectivity index (χ3v) is 5.98. The number of hydrogen-bond donors (Lipinski definition) is 1. The highest BCUT2D eigenvalue weighted by atomic mass is 32.2. The molecule has 0 aromatic heterocycles. The maximum absolute atomic E-state index is 12.0. The number of nitrogens with zero attached hydrogens (tertiary/aromatic N) is 3. The van der Waals surface area contributed by atoms with Gasteiger partial charge >= 0.3 is 0 Å². The second kappa shape index (κ2) is 11.2. The summed E-state index contributed by atoms with van der Waals surface area (Å²) in [5.41, 5.74) is 0. The average Bonchev–Trinajstić information content (AvgIpc) is 2.62. The van der Waals surface area contributed by atoms with Crippen LogP contribution >= 0.6 is 0 Å². The number of amides is 1. The summed E-state index contributed by atoms with van der Waals surface area (Å²) in [6, 6.07) is 0. The second-order valence-electron chi connectivity index (χ2n) is 6.67. The summed E-state index contributed by atoms with van der Waals surface area (Å²) in [7, 11) is -3.33. The SMILES string of the molecule is CS(=O)(=O)N(CCC(=O)NCCN1CCOCC1)CCN1CCOCC1. The Bertz CT molecular complexity index is 519. The molecule has 0 atom stereocenters. The standard InChI is InChI=1S/C16H32N4O5S/c1-26(22,23)20(7-6-19-10-14-25-15-11-19)4-2-16(21)17-3-5-18-8-12-24-13-9-18/h2-15H2,1H3,(H,17,21). The zero-order chi connectivity index (χ0) is 18.8. The highest BCUT2D eigenvalue weighted by molar-refractivity contribution is 7.88. The van der Waals surface area contributed by atoms with Gasteiger partial charge in [0.15, 0.2) is 0 Å². The molecule has 0 bridgehead atoms. The number of nitrogens with one attached hydrogen (secondary N) is 1. The van der Waals surface area contributed by atoms with E-state index in [9.17, 15) is 13.2 Å². The Balaban J connectivity index is 1.65. The molecule has 0 radical (unpaired) electrons. The molecule has 0 spiro atoms. The van der Waals surface area contributed by atoms with Crippen molar-refractivity contribution in [1.29, 1.82) is 0 Å². The normalized spacial score (nSPS) is 20.4. The van der Waals surface area contributed by atoms with Gasteiger partial charge in [-0.15, -0.1) is 0 Å². The number of hydrogen-bond acceptors (Lipinski definition) is 7. The first-order chi connectivity index (χ1) is 12.4. The van der Waals surface area contributed by atoms with Crippen molar-refractivity contribution in [2.24, 2.45) is 0 Å². The summed E-state index contributed by atoms with van der Waals surface area (Å²) in [5.74, 6) is -0.113. The van der Waals surface area contributed by atoms with Crippen LogP contribution in [0.3, 0.4) is 0 Å². The van der Waals surface area contributed by atoms with Gasteiger partial charge in [-0.1, -0.05) is 0 Å². The van der Waals surface area contributed by atoms with Gasteiger partial charge in [0.1, 0.15) is 0 Å². The van der Waals surface area contributed by atoms with Gasteiger partial charge in [0.05, 0.1) is 32.7 Å². The van der Waals surface area contributed by atoms with Gasteiger partial charge in [0.25, 0.3) is 0 Å². The monoisotopic (exact) mass is 392 g/mol. The van der Waals surface area contributed by atoms with E-state index in [0.717, 1.165) is 45.9 Å². The molecule has 1 N–H and O–H groups in total. The fraction of sp³-hybridized carbons (Fsp3) is 0.938. The van der Waals surface area contributed by atoms with Gasteiger partial charge in [0.2, 0.25) is 15.9 Å². The Morgan fingerprint density at radius 3 is 2.04 bits per heavy atom. The summed E-state index contributed by atoms with van der Waals surface area (Å²) in [4.78, 5) is 16.4. The van der Waals surface area contributed by atoms with Gasteiger partial charge in [-0.05, 0) is 0 Å². The molecule has 0 saturated carbocycles. The lowest BCUT2D eigenvalue weighted by atomic mass is 10.3. The van der Waals surface area contributed by atoms with Crippen LogP contribution in [0.2, 0.25) is 0 Å². The quantitative estimate of drug-likeness (QED) is 0.480. The first-order valence-electron chi connectivity index (χ1n) is 9.27. The first kappa shape index (κ1) is 21.5. The van der Waals surface area contributed by atoms with Crippen molar-refractivity contribution in [3.63, 3.8) is 0 Å². The summed E-state index contributed by atoms with van der Waals surface area (Å²) < 4.78 is 35.9. The van der Waals surface area contributed by atoms with E-state index in [0.29, 0.717) is 32.8 Å². The molecule has 2 heterocycles. The van der Waals surface area contributed by atoms with E-state index in [2.05, 4.69) is 15.1 Å². The van der Waals surface area contributed by atoms with E-state index in [1.165, 1.54) is 10.6 Å². The van der Waals surface area contributed by atoms with Crippen molar-refractivity contribution < 1.29 is 22.7 Å². The summed E-state index contributed by atoms with van der Waals surface area (Å²) in [6.45, 7) is 8.91. The van der Waals surface area contributed by atoms with Crippen LogP contribution in [0.4, 0.5) is 0 Å². The van der Waals surface area contributed by atoms with Gasteiger partial charge in [0, 0.05) is 65.3 Å². The molecule has 26 heavy (non-hydrogen) atoms. The summed E-state index contributed by atoms with van der Waals surface area (Å²) in [5, 5.41) is 2.87. The van der Waals surface area contributed by atoms with Crippen LogP contribution in [-0.2, 0) is 24.3 Å². The van der Waals surface area contributed by atoms with Crippen molar-refractivity contribution in [1.82, 2.24) is 19.4 Å². The molecule has 2 aliphatic rings. The number of rotatable bonds is 10. The molecule has 2 rings (SSSR count). The number of morpholine rings is 2. The van der Waals surface area contributed by atoms with Crippen LogP contribution in [0.5, 0.6) is 0 Å². The first-order valence-corrected chi connectivity index (χ1v) is 11.1. The molecule has 152 valence electrons. The molecular formula is C16H32N4O5S. The smallest absolute Gasteiger partial charge is 0.221 e. The predicted molar refractivity (Wildman–Crippen MR) is 98.6 cm³/mol. The van der Waals surface area contributed by atoms with Crippen LogP contribution in [0.25, 0.3) is 0 Å². The van der Waals surface area contributed by atoms with E-state index >= 15 is 0 Å². The molecule has 2 aliphatic heterocycles. The van der Waals surface area contributed by atoms with Gasteiger partial charge < -0.3 is 14.8 Å². The Morgan fingerprint density at radius 2 is 1.50 bits per heavy atom. The van der Waals surface area contributed by atoms with Crippen molar-refractivity contribution in [3.05, 3.63) is 0 Å². The van der Waals surface area contributed by atoms with Crippen LogP contribution in [-0.4, -0.2) is 120 Å². The van der Waals surface area contributed by atoms with Crippen molar-refractivity contribution >= 4 is 15.9 Å². The third-order valence-electron chi connectivity index (χ3n) is 4.68. The Kier molecular flexibility index (Phi) is 9.23. The predicted octanol–water partition coefficient (Wildman–Crippen LogP) is -1.58. The lowest BCUT2D eigenvalue weighted by Crippen LogP contribution is -2.44. The molecule has 0 aromatic carbocycles. The Hall–Kier alpha value is -0.780.